The van der Waals surface area contributed by atoms with Crippen molar-refractivity contribution in [3.63, 3.8) is 0 Å². The minimum Gasteiger partial charge on any atom is -0.493 e. The molecule has 1 aromatic carbocycles. The van der Waals surface area contributed by atoms with E-state index in [1.165, 1.54) is 19.1 Å². The first-order valence-electron chi connectivity index (χ1n) is 4.19. The third-order valence-corrected chi connectivity index (χ3v) is 2.00. The molecule has 1 aromatic rings. The first kappa shape index (κ1) is 11.0. The number of ether oxygens (including phenoxy) is 1. The number of halogens is 2. The van der Waals surface area contributed by atoms with Crippen molar-refractivity contribution in [1.29, 1.82) is 0 Å². The van der Waals surface area contributed by atoms with Crippen LogP contribution in [0.5, 0.6) is 5.75 Å². The van der Waals surface area contributed by atoms with Gasteiger partial charge >= 0.3 is 0 Å². The van der Waals surface area contributed by atoms with Crippen LogP contribution in [0.1, 0.15) is 24.2 Å². The van der Waals surface area contributed by atoms with Crippen LogP contribution in [0.4, 0.5) is 4.39 Å². The van der Waals surface area contributed by atoms with E-state index in [0.717, 1.165) is 0 Å². The van der Waals surface area contributed by atoms with Gasteiger partial charge in [-0.05, 0) is 26.0 Å². The van der Waals surface area contributed by atoms with Gasteiger partial charge in [0.1, 0.15) is 5.75 Å². The van der Waals surface area contributed by atoms with Crippen molar-refractivity contribution in [2.75, 3.05) is 6.61 Å². The maximum atomic E-state index is 13.4. The summed E-state index contributed by atoms with van der Waals surface area (Å²) in [6.07, 6.45) is 0. The molecule has 4 heteroatoms. The third-order valence-electron chi connectivity index (χ3n) is 1.71. The third kappa shape index (κ3) is 2.04. The molecule has 0 aromatic heterocycles. The van der Waals surface area contributed by atoms with Crippen LogP contribution in [0.15, 0.2) is 12.1 Å². The Balaban J connectivity index is 3.30. The Kier molecular flexibility index (Phi) is 3.47. The van der Waals surface area contributed by atoms with E-state index in [2.05, 4.69) is 0 Å². The molecule has 0 heterocycles. The highest BCUT2D eigenvalue weighted by molar-refractivity contribution is 6.31. The number of carbonyl (C=O) groups excluding carboxylic acids is 1. The quantitative estimate of drug-likeness (QED) is 0.726. The average molecular weight is 217 g/mol. The van der Waals surface area contributed by atoms with Crippen molar-refractivity contribution in [3.05, 3.63) is 28.5 Å². The van der Waals surface area contributed by atoms with Crippen LogP contribution < -0.4 is 4.74 Å². The van der Waals surface area contributed by atoms with Gasteiger partial charge in [-0.2, -0.15) is 0 Å². The smallest absolute Gasteiger partial charge is 0.166 e. The summed E-state index contributed by atoms with van der Waals surface area (Å²) < 4.78 is 18.5. The molecule has 0 bridgehead atoms. The van der Waals surface area contributed by atoms with Gasteiger partial charge in [0.05, 0.1) is 17.2 Å². The molecule has 0 spiro atoms. The molecule has 0 saturated carbocycles. The lowest BCUT2D eigenvalue weighted by Crippen LogP contribution is -2.04. The molecule has 0 saturated heterocycles. The van der Waals surface area contributed by atoms with Crippen molar-refractivity contribution in [2.24, 2.45) is 0 Å². The second-order valence-electron chi connectivity index (χ2n) is 2.72. The summed E-state index contributed by atoms with van der Waals surface area (Å²) in [6.45, 7) is 3.41. The highest BCUT2D eigenvalue weighted by Gasteiger charge is 2.16. The fourth-order valence-electron chi connectivity index (χ4n) is 1.14. The molecular weight excluding hydrogens is 207 g/mol. The van der Waals surface area contributed by atoms with Gasteiger partial charge in [0.25, 0.3) is 0 Å². The monoisotopic (exact) mass is 216 g/mol. The standard InChI is InChI=1S/C10H10ClFO2/c1-3-14-8-5-4-7(11)10(12)9(8)6(2)13/h4-5H,3H2,1-2H3. The maximum Gasteiger partial charge on any atom is 0.166 e. The van der Waals surface area contributed by atoms with Gasteiger partial charge in [-0.25, -0.2) is 4.39 Å². The summed E-state index contributed by atoms with van der Waals surface area (Å²) in [5.41, 5.74) is -0.0839. The summed E-state index contributed by atoms with van der Waals surface area (Å²) in [4.78, 5) is 11.1. The molecule has 0 aliphatic heterocycles. The lowest BCUT2D eigenvalue weighted by molar-refractivity contribution is 0.101. The second-order valence-corrected chi connectivity index (χ2v) is 3.13. The van der Waals surface area contributed by atoms with E-state index in [0.29, 0.717) is 6.61 Å². The van der Waals surface area contributed by atoms with E-state index in [4.69, 9.17) is 16.3 Å². The van der Waals surface area contributed by atoms with Crippen LogP contribution in [-0.2, 0) is 0 Å². The lowest BCUT2D eigenvalue weighted by Gasteiger charge is -2.09. The summed E-state index contributed by atoms with van der Waals surface area (Å²) >= 11 is 5.55. The van der Waals surface area contributed by atoms with Crippen molar-refractivity contribution in [2.45, 2.75) is 13.8 Å². The van der Waals surface area contributed by atoms with Crippen LogP contribution >= 0.6 is 11.6 Å². The minimum atomic E-state index is -0.717. The Labute approximate surface area is 86.6 Å². The van der Waals surface area contributed by atoms with Crippen LogP contribution in [-0.4, -0.2) is 12.4 Å². The number of rotatable bonds is 3. The van der Waals surface area contributed by atoms with E-state index in [-0.39, 0.29) is 16.3 Å². The minimum absolute atomic E-state index is 0.0707. The van der Waals surface area contributed by atoms with Gasteiger partial charge < -0.3 is 4.74 Å². The predicted octanol–water partition coefficient (Wildman–Crippen LogP) is 3.08. The van der Waals surface area contributed by atoms with E-state index < -0.39 is 11.6 Å². The van der Waals surface area contributed by atoms with Crippen molar-refractivity contribution in [3.8, 4) is 5.75 Å². The fraction of sp³-hybridized carbons (Fsp3) is 0.300. The van der Waals surface area contributed by atoms with Gasteiger partial charge in [-0.15, -0.1) is 0 Å². The van der Waals surface area contributed by atoms with Crippen molar-refractivity contribution < 1.29 is 13.9 Å². The summed E-state index contributed by atoms with van der Waals surface area (Å²) in [6, 6.07) is 2.86. The molecule has 0 atom stereocenters. The number of ketones is 1. The fourth-order valence-corrected chi connectivity index (χ4v) is 1.29. The molecule has 0 amide bonds. The number of benzene rings is 1. The molecule has 0 unspecified atom stereocenters. The molecule has 0 fully saturated rings. The molecule has 0 aliphatic carbocycles. The number of carbonyl (C=O) groups is 1. The van der Waals surface area contributed by atoms with Gasteiger partial charge in [-0.3, -0.25) is 4.79 Å². The summed E-state index contributed by atoms with van der Waals surface area (Å²) in [7, 11) is 0. The maximum absolute atomic E-state index is 13.4. The van der Waals surface area contributed by atoms with Gasteiger partial charge in [0.15, 0.2) is 11.6 Å². The van der Waals surface area contributed by atoms with Crippen LogP contribution in [0.2, 0.25) is 5.02 Å². The summed E-state index contributed by atoms with van der Waals surface area (Å²) in [5.74, 6) is -0.875. The molecule has 0 N–H and O–H groups in total. The number of Topliss-reactive ketones (excluding diaryl/α,β-unsaturated/α-hetero) is 1. The zero-order valence-corrected chi connectivity index (χ0v) is 8.69. The molecule has 2 nitrogen and oxygen atoms in total. The Morgan fingerprint density at radius 2 is 2.21 bits per heavy atom. The first-order valence-corrected chi connectivity index (χ1v) is 4.57. The molecule has 1 rings (SSSR count). The second kappa shape index (κ2) is 4.42. The molecule has 0 aliphatic rings. The zero-order chi connectivity index (χ0) is 10.7. The topological polar surface area (TPSA) is 26.3 Å². The van der Waals surface area contributed by atoms with E-state index in [9.17, 15) is 9.18 Å². The Morgan fingerprint density at radius 3 is 2.71 bits per heavy atom. The number of hydrogen-bond acceptors (Lipinski definition) is 2. The van der Waals surface area contributed by atoms with E-state index in [1.54, 1.807) is 6.92 Å². The van der Waals surface area contributed by atoms with Crippen LogP contribution in [0.3, 0.4) is 0 Å². The van der Waals surface area contributed by atoms with Gasteiger partial charge in [0.2, 0.25) is 0 Å². The summed E-state index contributed by atoms with van der Waals surface area (Å²) in [5, 5.41) is -0.0707. The van der Waals surface area contributed by atoms with Crippen LogP contribution in [0.25, 0.3) is 0 Å². The SMILES string of the molecule is CCOc1ccc(Cl)c(F)c1C(C)=O. The normalized spacial score (nSPS) is 10.0. The molecular formula is C10H10ClFO2. The lowest BCUT2D eigenvalue weighted by atomic mass is 10.1. The molecule has 14 heavy (non-hydrogen) atoms. The Morgan fingerprint density at radius 1 is 1.57 bits per heavy atom. The average Bonchev–Trinajstić information content (AvgIpc) is 2.11. The first-order chi connectivity index (χ1) is 6.57. The zero-order valence-electron chi connectivity index (χ0n) is 7.93. The predicted molar refractivity (Wildman–Crippen MR) is 52.6 cm³/mol. The molecule has 0 radical (unpaired) electrons. The van der Waals surface area contributed by atoms with E-state index in [1.807, 2.05) is 0 Å². The Bertz CT molecular complexity index is 363. The van der Waals surface area contributed by atoms with Crippen LogP contribution in [0, 0.1) is 5.82 Å². The van der Waals surface area contributed by atoms with Gasteiger partial charge in [0, 0.05) is 0 Å². The highest BCUT2D eigenvalue weighted by atomic mass is 35.5. The van der Waals surface area contributed by atoms with Crippen molar-refractivity contribution >= 4 is 17.4 Å². The largest absolute Gasteiger partial charge is 0.493 e. The Hall–Kier alpha value is -1.09. The number of hydrogen-bond donors (Lipinski definition) is 0. The molecule has 76 valence electrons. The van der Waals surface area contributed by atoms with Gasteiger partial charge in [-0.1, -0.05) is 11.6 Å². The van der Waals surface area contributed by atoms with E-state index >= 15 is 0 Å². The highest BCUT2D eigenvalue weighted by Crippen LogP contribution is 2.27. The van der Waals surface area contributed by atoms with Crippen molar-refractivity contribution in [1.82, 2.24) is 0 Å².